The summed E-state index contributed by atoms with van der Waals surface area (Å²) in [4.78, 5) is 0. The second kappa shape index (κ2) is 4.77. The zero-order valence-electron chi connectivity index (χ0n) is 8.70. The van der Waals surface area contributed by atoms with Crippen LogP contribution in [-0.4, -0.2) is 23.0 Å². The molecule has 2 atom stereocenters. The van der Waals surface area contributed by atoms with Gasteiger partial charge in [0.2, 0.25) is 0 Å². The number of hydrogen-bond acceptors (Lipinski definition) is 3. The van der Waals surface area contributed by atoms with E-state index in [1.807, 2.05) is 14.0 Å². The average Bonchev–Trinajstić information content (AvgIpc) is 2.48. The van der Waals surface area contributed by atoms with E-state index in [0.717, 1.165) is 12.1 Å². The molecular formula is C9H16ClN3O. The Balaban J connectivity index is 2.92. The summed E-state index contributed by atoms with van der Waals surface area (Å²) in [5.41, 5.74) is 6.86. The summed E-state index contributed by atoms with van der Waals surface area (Å²) in [6.45, 7) is 2.03. The summed E-state index contributed by atoms with van der Waals surface area (Å²) in [5, 5.41) is 4.63. The van der Waals surface area contributed by atoms with Crippen LogP contribution in [0, 0.1) is 0 Å². The third kappa shape index (κ3) is 2.08. The molecule has 14 heavy (non-hydrogen) atoms. The van der Waals surface area contributed by atoms with E-state index in [1.165, 1.54) is 0 Å². The molecule has 0 aromatic carbocycles. The smallest absolute Gasteiger partial charge is 0.0834 e. The molecule has 0 aliphatic rings. The molecule has 0 amide bonds. The van der Waals surface area contributed by atoms with Gasteiger partial charge in [0.05, 0.1) is 29.1 Å². The topological polar surface area (TPSA) is 53.1 Å². The molecule has 0 saturated heterocycles. The van der Waals surface area contributed by atoms with E-state index >= 15 is 0 Å². The van der Waals surface area contributed by atoms with Crippen molar-refractivity contribution in [2.24, 2.45) is 12.8 Å². The van der Waals surface area contributed by atoms with Crippen molar-refractivity contribution in [1.82, 2.24) is 9.78 Å². The van der Waals surface area contributed by atoms with Gasteiger partial charge in [0, 0.05) is 14.2 Å². The monoisotopic (exact) mass is 217 g/mol. The normalized spacial score (nSPS) is 15.5. The van der Waals surface area contributed by atoms with Gasteiger partial charge in [0.15, 0.2) is 0 Å². The summed E-state index contributed by atoms with van der Waals surface area (Å²) in [5.74, 6) is 0. The lowest BCUT2D eigenvalue weighted by Crippen LogP contribution is -2.29. The minimum absolute atomic E-state index is 0.0251. The Bertz CT molecular complexity index is 277. The molecule has 0 spiro atoms. The lowest BCUT2D eigenvalue weighted by atomic mass is 10.1. The zero-order chi connectivity index (χ0) is 10.7. The van der Waals surface area contributed by atoms with Crippen LogP contribution in [0.1, 0.15) is 25.1 Å². The number of nitrogens with two attached hydrogens (primary N) is 1. The summed E-state index contributed by atoms with van der Waals surface area (Å²) in [6.07, 6.45) is 2.42. The minimum atomic E-state index is -0.231. The van der Waals surface area contributed by atoms with E-state index in [2.05, 4.69) is 5.10 Å². The maximum absolute atomic E-state index is 6.04. The fourth-order valence-corrected chi connectivity index (χ4v) is 1.83. The van der Waals surface area contributed by atoms with Crippen LogP contribution in [0.25, 0.3) is 0 Å². The van der Waals surface area contributed by atoms with Crippen molar-refractivity contribution in [3.05, 3.63) is 16.9 Å². The van der Waals surface area contributed by atoms with Gasteiger partial charge < -0.3 is 10.5 Å². The van der Waals surface area contributed by atoms with Gasteiger partial charge in [-0.2, -0.15) is 5.10 Å². The highest BCUT2D eigenvalue weighted by atomic mass is 35.5. The van der Waals surface area contributed by atoms with Gasteiger partial charge in [0.25, 0.3) is 0 Å². The predicted octanol–water partition coefficient (Wildman–Crippen LogP) is 1.50. The molecule has 2 N–H and O–H groups in total. The first kappa shape index (κ1) is 11.5. The van der Waals surface area contributed by atoms with Gasteiger partial charge in [-0.1, -0.05) is 18.5 Å². The molecule has 1 heterocycles. The molecule has 1 aromatic heterocycles. The van der Waals surface area contributed by atoms with Crippen LogP contribution in [0.4, 0.5) is 0 Å². The van der Waals surface area contributed by atoms with Crippen molar-refractivity contribution in [2.45, 2.75) is 25.5 Å². The Morgan fingerprint density at radius 3 is 2.71 bits per heavy atom. The SMILES string of the molecule is CCC(OC)C(N)c1c(Cl)cnn1C. The summed E-state index contributed by atoms with van der Waals surface area (Å²) in [6, 6.07) is -0.231. The van der Waals surface area contributed by atoms with Crippen molar-refractivity contribution >= 4 is 11.6 Å². The van der Waals surface area contributed by atoms with Gasteiger partial charge in [-0.05, 0) is 6.42 Å². The third-order valence-corrected chi connectivity index (χ3v) is 2.65. The van der Waals surface area contributed by atoms with E-state index in [4.69, 9.17) is 22.1 Å². The van der Waals surface area contributed by atoms with Crippen molar-refractivity contribution < 1.29 is 4.74 Å². The fraction of sp³-hybridized carbons (Fsp3) is 0.667. The molecule has 4 nitrogen and oxygen atoms in total. The molecule has 0 aliphatic carbocycles. The predicted molar refractivity (Wildman–Crippen MR) is 56.2 cm³/mol. The van der Waals surface area contributed by atoms with E-state index in [9.17, 15) is 0 Å². The van der Waals surface area contributed by atoms with Crippen molar-refractivity contribution in [2.75, 3.05) is 7.11 Å². The maximum Gasteiger partial charge on any atom is 0.0834 e. The number of aryl methyl sites for hydroxylation is 1. The van der Waals surface area contributed by atoms with Gasteiger partial charge in [-0.25, -0.2) is 0 Å². The molecular weight excluding hydrogens is 202 g/mol. The lowest BCUT2D eigenvalue weighted by molar-refractivity contribution is 0.0750. The Labute approximate surface area is 89.0 Å². The highest BCUT2D eigenvalue weighted by molar-refractivity contribution is 6.31. The first-order chi connectivity index (χ1) is 6.61. The van der Waals surface area contributed by atoms with Gasteiger partial charge in [-0.3, -0.25) is 4.68 Å². The highest BCUT2D eigenvalue weighted by Gasteiger charge is 2.22. The van der Waals surface area contributed by atoms with Crippen LogP contribution in [0.2, 0.25) is 5.02 Å². The molecule has 5 heteroatoms. The van der Waals surface area contributed by atoms with Crippen LogP contribution >= 0.6 is 11.6 Å². The Kier molecular flexibility index (Phi) is 3.92. The van der Waals surface area contributed by atoms with Crippen molar-refractivity contribution in [1.29, 1.82) is 0 Å². The number of nitrogens with zero attached hydrogens (tertiary/aromatic N) is 2. The van der Waals surface area contributed by atoms with Crippen LogP contribution in [0.5, 0.6) is 0 Å². The van der Waals surface area contributed by atoms with Crippen LogP contribution < -0.4 is 5.73 Å². The molecule has 0 saturated carbocycles. The summed E-state index contributed by atoms with van der Waals surface area (Å²) < 4.78 is 6.96. The van der Waals surface area contributed by atoms with E-state index in [-0.39, 0.29) is 12.1 Å². The first-order valence-electron chi connectivity index (χ1n) is 4.57. The molecule has 0 radical (unpaired) electrons. The standard InChI is InChI=1S/C9H16ClN3O/c1-4-7(14-3)8(11)9-6(10)5-12-13(9)2/h5,7-8H,4,11H2,1-3H3. The van der Waals surface area contributed by atoms with E-state index in [1.54, 1.807) is 18.0 Å². The molecule has 80 valence electrons. The van der Waals surface area contributed by atoms with Gasteiger partial charge >= 0.3 is 0 Å². The van der Waals surface area contributed by atoms with Gasteiger partial charge in [-0.15, -0.1) is 0 Å². The van der Waals surface area contributed by atoms with Crippen LogP contribution in [0.3, 0.4) is 0 Å². The Morgan fingerprint density at radius 2 is 2.36 bits per heavy atom. The van der Waals surface area contributed by atoms with E-state index in [0.29, 0.717) is 5.02 Å². The third-order valence-electron chi connectivity index (χ3n) is 2.36. The number of rotatable bonds is 4. The quantitative estimate of drug-likeness (QED) is 0.832. The number of methoxy groups -OCH3 is 1. The maximum atomic E-state index is 6.04. The molecule has 0 aliphatic heterocycles. The first-order valence-corrected chi connectivity index (χ1v) is 4.95. The van der Waals surface area contributed by atoms with Crippen LogP contribution in [0.15, 0.2) is 6.20 Å². The summed E-state index contributed by atoms with van der Waals surface area (Å²) >= 11 is 5.98. The largest absolute Gasteiger partial charge is 0.379 e. The highest BCUT2D eigenvalue weighted by Crippen LogP contribution is 2.24. The Morgan fingerprint density at radius 1 is 1.71 bits per heavy atom. The molecule has 2 unspecified atom stereocenters. The summed E-state index contributed by atoms with van der Waals surface area (Å²) in [7, 11) is 3.47. The second-order valence-electron chi connectivity index (χ2n) is 3.21. The van der Waals surface area contributed by atoms with E-state index < -0.39 is 0 Å². The minimum Gasteiger partial charge on any atom is -0.379 e. The average molecular weight is 218 g/mol. The number of hydrogen-bond donors (Lipinski definition) is 1. The van der Waals surface area contributed by atoms with Crippen molar-refractivity contribution in [3.8, 4) is 0 Å². The van der Waals surface area contributed by atoms with Crippen molar-refractivity contribution in [3.63, 3.8) is 0 Å². The zero-order valence-corrected chi connectivity index (χ0v) is 9.45. The molecule has 1 aromatic rings. The lowest BCUT2D eigenvalue weighted by Gasteiger charge is -2.21. The van der Waals surface area contributed by atoms with Gasteiger partial charge in [0.1, 0.15) is 0 Å². The number of aromatic nitrogens is 2. The fourth-order valence-electron chi connectivity index (χ4n) is 1.54. The second-order valence-corrected chi connectivity index (χ2v) is 3.62. The number of ether oxygens (including phenoxy) is 1. The molecule has 1 rings (SSSR count). The van der Waals surface area contributed by atoms with Crippen LogP contribution in [-0.2, 0) is 11.8 Å². The molecule has 0 bridgehead atoms. The number of halogens is 1. The Hall–Kier alpha value is -0.580. The molecule has 0 fully saturated rings.